The first-order chi connectivity index (χ1) is 14.5. The number of aromatic nitrogens is 4. The number of carbonyl (C=O) groups is 1. The summed E-state index contributed by atoms with van der Waals surface area (Å²) in [5.74, 6) is 1.83. The van der Waals surface area contributed by atoms with Gasteiger partial charge in [-0.1, -0.05) is 6.42 Å². The van der Waals surface area contributed by atoms with E-state index in [1.165, 1.54) is 19.2 Å². The Bertz CT molecular complexity index is 1040. The zero-order valence-corrected chi connectivity index (χ0v) is 17.3. The van der Waals surface area contributed by atoms with Gasteiger partial charge >= 0.3 is 5.63 Å². The summed E-state index contributed by atoms with van der Waals surface area (Å²) in [6.07, 6.45) is 10.7. The largest absolute Gasteiger partial charge is 0.427 e. The Labute approximate surface area is 174 Å². The lowest BCUT2D eigenvalue weighted by Gasteiger charge is -2.61. The van der Waals surface area contributed by atoms with Gasteiger partial charge in [-0.3, -0.25) is 4.79 Å². The molecule has 2 aromatic heterocycles. The highest BCUT2D eigenvalue weighted by Gasteiger charge is 2.60. The Balaban J connectivity index is 1.30. The summed E-state index contributed by atoms with van der Waals surface area (Å²) >= 11 is 0. The fourth-order valence-electron chi connectivity index (χ4n) is 7.08. The van der Waals surface area contributed by atoms with E-state index in [0.29, 0.717) is 23.3 Å². The summed E-state index contributed by atoms with van der Waals surface area (Å²) < 4.78 is 5.56. The Kier molecular flexibility index (Phi) is 3.81. The van der Waals surface area contributed by atoms with Crippen LogP contribution in [0.4, 0.5) is 0 Å². The molecule has 5 aliphatic rings. The highest BCUT2D eigenvalue weighted by atomic mass is 16.4. The van der Waals surface area contributed by atoms with Gasteiger partial charge in [0.15, 0.2) is 6.33 Å². The molecule has 4 bridgehead atoms. The van der Waals surface area contributed by atoms with Gasteiger partial charge in [0.1, 0.15) is 11.3 Å². The van der Waals surface area contributed by atoms with Gasteiger partial charge in [0.2, 0.25) is 0 Å². The molecule has 7 rings (SSSR count). The van der Waals surface area contributed by atoms with Crippen LogP contribution in [0.2, 0.25) is 0 Å². The highest BCUT2D eigenvalue weighted by molar-refractivity contribution is 5.95. The van der Waals surface area contributed by atoms with Gasteiger partial charge < -0.3 is 9.73 Å². The number of carbonyl (C=O) groups excluding carboxylic acids is 1. The van der Waals surface area contributed by atoms with Crippen molar-refractivity contribution in [2.75, 3.05) is 0 Å². The SMILES string of the molecule is Cc1cc(C2CCC2)oc(=O)c1C(=O)NC12CC3CC(C1)CC(n1ncnn1)(C3)C2. The topological polar surface area (TPSA) is 103 Å². The monoisotopic (exact) mass is 409 g/mol. The number of amides is 1. The van der Waals surface area contributed by atoms with Crippen LogP contribution < -0.4 is 10.9 Å². The molecule has 0 radical (unpaired) electrons. The molecule has 0 aliphatic heterocycles. The molecule has 2 heterocycles. The van der Waals surface area contributed by atoms with Gasteiger partial charge in [-0.15, -0.1) is 10.2 Å². The first-order valence-corrected chi connectivity index (χ1v) is 11.2. The van der Waals surface area contributed by atoms with Gasteiger partial charge in [0.25, 0.3) is 5.91 Å². The molecule has 8 heteroatoms. The van der Waals surface area contributed by atoms with Crippen LogP contribution in [0.15, 0.2) is 21.6 Å². The van der Waals surface area contributed by atoms with Gasteiger partial charge in [-0.2, -0.15) is 4.80 Å². The molecule has 5 aliphatic carbocycles. The van der Waals surface area contributed by atoms with Crippen molar-refractivity contribution < 1.29 is 9.21 Å². The Morgan fingerprint density at radius 2 is 2.00 bits per heavy atom. The number of hydrogen-bond donors (Lipinski definition) is 1. The Morgan fingerprint density at radius 1 is 1.23 bits per heavy atom. The second-order valence-corrected chi connectivity index (χ2v) is 10.3. The normalized spacial score (nSPS) is 34.7. The average Bonchev–Trinajstić information content (AvgIpc) is 3.13. The van der Waals surface area contributed by atoms with Crippen LogP contribution in [-0.2, 0) is 5.54 Å². The molecule has 2 atom stereocenters. The molecule has 0 aromatic carbocycles. The maximum Gasteiger partial charge on any atom is 0.349 e. The van der Waals surface area contributed by atoms with E-state index < -0.39 is 5.63 Å². The molecular weight excluding hydrogens is 382 g/mol. The van der Waals surface area contributed by atoms with Crippen LogP contribution >= 0.6 is 0 Å². The van der Waals surface area contributed by atoms with Crippen LogP contribution in [-0.4, -0.2) is 31.7 Å². The molecule has 0 saturated heterocycles. The van der Waals surface area contributed by atoms with E-state index in [9.17, 15) is 9.59 Å². The van der Waals surface area contributed by atoms with E-state index in [1.807, 2.05) is 13.0 Å². The van der Waals surface area contributed by atoms with Crippen molar-refractivity contribution in [1.82, 2.24) is 25.5 Å². The molecule has 0 spiro atoms. The van der Waals surface area contributed by atoms with Crippen molar-refractivity contribution >= 4 is 5.91 Å². The maximum atomic E-state index is 13.3. The lowest BCUT2D eigenvalue weighted by molar-refractivity contribution is -0.0810. The summed E-state index contributed by atoms with van der Waals surface area (Å²) in [4.78, 5) is 27.8. The summed E-state index contributed by atoms with van der Waals surface area (Å²) in [6, 6.07) is 1.89. The molecule has 2 unspecified atom stereocenters. The molecule has 158 valence electrons. The summed E-state index contributed by atoms with van der Waals surface area (Å²) in [5, 5.41) is 15.8. The number of hydrogen-bond acceptors (Lipinski definition) is 6. The minimum absolute atomic E-state index is 0.154. The standard InChI is InChI=1S/C22H27N5O3/c1-13-5-17(16-3-2-4-16)30-20(29)18(13)19(28)25-21-7-14-6-15(8-21)10-22(9-14,11-21)27-24-12-23-26-27/h5,12,14-16H,2-4,6-11H2,1H3,(H,25,28). The summed E-state index contributed by atoms with van der Waals surface area (Å²) in [6.45, 7) is 1.84. The van der Waals surface area contributed by atoms with Gasteiger partial charge in [-0.05, 0) is 87.0 Å². The first kappa shape index (κ1) is 18.3. The fourth-order valence-corrected chi connectivity index (χ4v) is 7.08. The fraction of sp³-hybridized carbons (Fsp3) is 0.682. The van der Waals surface area contributed by atoms with Crippen molar-refractivity contribution in [3.63, 3.8) is 0 Å². The predicted molar refractivity (Wildman–Crippen MR) is 107 cm³/mol. The number of rotatable bonds is 4. The van der Waals surface area contributed by atoms with Crippen molar-refractivity contribution in [3.8, 4) is 0 Å². The Morgan fingerprint density at radius 3 is 2.60 bits per heavy atom. The quantitative estimate of drug-likeness (QED) is 0.833. The van der Waals surface area contributed by atoms with Gasteiger partial charge in [0.05, 0.1) is 5.54 Å². The lowest BCUT2D eigenvalue weighted by Crippen LogP contribution is -2.66. The van der Waals surface area contributed by atoms with Crippen LogP contribution in [0.25, 0.3) is 0 Å². The van der Waals surface area contributed by atoms with Gasteiger partial charge in [-0.25, -0.2) is 4.79 Å². The molecule has 8 nitrogen and oxygen atoms in total. The third kappa shape index (κ3) is 2.68. The molecular formula is C22H27N5O3. The van der Waals surface area contributed by atoms with Crippen molar-refractivity contribution in [2.24, 2.45) is 11.8 Å². The van der Waals surface area contributed by atoms with Crippen LogP contribution in [0.1, 0.15) is 85.4 Å². The molecule has 1 amide bonds. The average molecular weight is 409 g/mol. The molecule has 1 N–H and O–H groups in total. The maximum absolute atomic E-state index is 13.3. The van der Waals surface area contributed by atoms with Crippen molar-refractivity contribution in [2.45, 2.75) is 81.7 Å². The van der Waals surface area contributed by atoms with E-state index in [-0.39, 0.29) is 22.5 Å². The second-order valence-electron chi connectivity index (χ2n) is 10.3. The minimum Gasteiger partial charge on any atom is -0.427 e. The van der Waals surface area contributed by atoms with E-state index in [1.54, 1.807) is 4.80 Å². The summed E-state index contributed by atoms with van der Waals surface area (Å²) in [5.41, 5.74) is -0.140. The number of nitrogens with zero attached hydrogens (tertiary/aromatic N) is 4. The minimum atomic E-state index is -0.508. The smallest absolute Gasteiger partial charge is 0.349 e. The van der Waals surface area contributed by atoms with Crippen LogP contribution in [0.5, 0.6) is 0 Å². The predicted octanol–water partition coefficient (Wildman–Crippen LogP) is 2.68. The van der Waals surface area contributed by atoms with E-state index in [0.717, 1.165) is 50.7 Å². The van der Waals surface area contributed by atoms with E-state index in [2.05, 4.69) is 20.7 Å². The molecule has 2 aromatic rings. The third-order valence-corrected chi connectivity index (χ3v) is 8.08. The molecule has 5 saturated carbocycles. The number of tetrazole rings is 1. The lowest BCUT2D eigenvalue weighted by atomic mass is 9.50. The first-order valence-electron chi connectivity index (χ1n) is 11.2. The van der Waals surface area contributed by atoms with Crippen LogP contribution in [0.3, 0.4) is 0 Å². The molecule has 5 fully saturated rings. The highest BCUT2D eigenvalue weighted by Crippen LogP contribution is 2.60. The number of aryl methyl sites for hydroxylation is 1. The molecule has 30 heavy (non-hydrogen) atoms. The zero-order valence-electron chi connectivity index (χ0n) is 17.3. The number of nitrogens with one attached hydrogen (secondary N) is 1. The van der Waals surface area contributed by atoms with E-state index in [4.69, 9.17) is 4.42 Å². The van der Waals surface area contributed by atoms with Crippen LogP contribution in [0, 0.1) is 18.8 Å². The third-order valence-electron chi connectivity index (χ3n) is 8.08. The van der Waals surface area contributed by atoms with Crippen molar-refractivity contribution in [1.29, 1.82) is 0 Å². The Hall–Kier alpha value is -2.51. The zero-order chi connectivity index (χ0) is 20.5. The summed E-state index contributed by atoms with van der Waals surface area (Å²) in [7, 11) is 0. The van der Waals surface area contributed by atoms with Crippen molar-refractivity contribution in [3.05, 3.63) is 39.7 Å². The van der Waals surface area contributed by atoms with E-state index >= 15 is 0 Å². The second kappa shape index (κ2) is 6.25. The van der Waals surface area contributed by atoms with Gasteiger partial charge in [0, 0.05) is 11.5 Å².